The molecule has 0 bridgehead atoms. The first-order valence-corrected chi connectivity index (χ1v) is 7.13. The third-order valence-corrected chi connectivity index (χ3v) is 3.69. The standard InChI is InChI=1S/C16H20N4/c1-13(9-14-5-3-2-4-6-14)10-17-15-7-8-16-18-12-19-20(16)11-15/h2-6,9,12,15,17H,7-8,10-11H2,1H3/b13-9-/t15-/m1/s1. The maximum Gasteiger partial charge on any atom is 0.138 e. The summed E-state index contributed by atoms with van der Waals surface area (Å²) in [6.45, 7) is 4.02. The molecule has 1 aliphatic rings. The summed E-state index contributed by atoms with van der Waals surface area (Å²) in [6, 6.07) is 10.9. The molecular formula is C16H20N4. The van der Waals surface area contributed by atoms with E-state index in [9.17, 15) is 0 Å². The Kier molecular flexibility index (Phi) is 3.92. The molecule has 1 aromatic heterocycles. The quantitative estimate of drug-likeness (QED) is 0.925. The molecule has 0 amide bonds. The summed E-state index contributed by atoms with van der Waals surface area (Å²) in [4.78, 5) is 4.25. The Morgan fingerprint density at radius 3 is 3.10 bits per heavy atom. The number of nitrogens with one attached hydrogen (secondary N) is 1. The number of rotatable bonds is 4. The zero-order chi connectivity index (χ0) is 13.8. The normalized spacial score (nSPS) is 18.9. The molecule has 0 radical (unpaired) electrons. The van der Waals surface area contributed by atoms with Gasteiger partial charge in [-0.3, -0.25) is 0 Å². The van der Waals surface area contributed by atoms with Crippen LogP contribution in [0.2, 0.25) is 0 Å². The van der Waals surface area contributed by atoms with Crippen LogP contribution in [0, 0.1) is 0 Å². The fourth-order valence-corrected chi connectivity index (χ4v) is 2.59. The van der Waals surface area contributed by atoms with Gasteiger partial charge in [0.25, 0.3) is 0 Å². The average molecular weight is 268 g/mol. The molecule has 2 heterocycles. The van der Waals surface area contributed by atoms with Gasteiger partial charge in [-0.15, -0.1) is 0 Å². The molecule has 2 aromatic rings. The number of fused-ring (bicyclic) bond motifs is 1. The monoisotopic (exact) mass is 268 g/mol. The molecule has 0 fully saturated rings. The first kappa shape index (κ1) is 13.1. The minimum absolute atomic E-state index is 0.489. The smallest absolute Gasteiger partial charge is 0.138 e. The molecule has 0 saturated heterocycles. The van der Waals surface area contributed by atoms with Gasteiger partial charge in [0.15, 0.2) is 0 Å². The van der Waals surface area contributed by atoms with Crippen LogP contribution in [0.3, 0.4) is 0 Å². The summed E-state index contributed by atoms with van der Waals surface area (Å²) < 4.78 is 2.01. The summed E-state index contributed by atoms with van der Waals surface area (Å²) in [7, 11) is 0. The lowest BCUT2D eigenvalue weighted by Gasteiger charge is -2.23. The van der Waals surface area contributed by atoms with Crippen LogP contribution in [0.1, 0.15) is 24.7 Å². The zero-order valence-corrected chi connectivity index (χ0v) is 11.8. The molecule has 104 valence electrons. The highest BCUT2D eigenvalue weighted by Crippen LogP contribution is 2.12. The van der Waals surface area contributed by atoms with E-state index in [0.717, 1.165) is 31.8 Å². The van der Waals surface area contributed by atoms with Crippen molar-refractivity contribution >= 4 is 6.08 Å². The highest BCUT2D eigenvalue weighted by atomic mass is 15.3. The van der Waals surface area contributed by atoms with E-state index < -0.39 is 0 Å². The first-order chi connectivity index (χ1) is 9.81. The highest BCUT2D eigenvalue weighted by Gasteiger charge is 2.18. The van der Waals surface area contributed by atoms with Crippen molar-refractivity contribution < 1.29 is 0 Å². The van der Waals surface area contributed by atoms with E-state index in [2.05, 4.69) is 52.7 Å². The van der Waals surface area contributed by atoms with Gasteiger partial charge < -0.3 is 5.32 Å². The van der Waals surface area contributed by atoms with Crippen LogP contribution in [0.5, 0.6) is 0 Å². The molecule has 1 aromatic carbocycles. The van der Waals surface area contributed by atoms with E-state index in [-0.39, 0.29) is 0 Å². The minimum Gasteiger partial charge on any atom is -0.308 e. The van der Waals surface area contributed by atoms with Gasteiger partial charge in [-0.05, 0) is 18.9 Å². The van der Waals surface area contributed by atoms with Crippen molar-refractivity contribution in [1.82, 2.24) is 20.1 Å². The Hall–Kier alpha value is -1.94. The fraction of sp³-hybridized carbons (Fsp3) is 0.375. The maximum atomic E-state index is 4.25. The summed E-state index contributed by atoms with van der Waals surface area (Å²) in [5.74, 6) is 1.11. The van der Waals surface area contributed by atoms with E-state index in [0.29, 0.717) is 6.04 Å². The number of hydrogen-bond donors (Lipinski definition) is 1. The van der Waals surface area contributed by atoms with Gasteiger partial charge in [0.1, 0.15) is 12.2 Å². The molecule has 0 unspecified atom stereocenters. The van der Waals surface area contributed by atoms with E-state index >= 15 is 0 Å². The lowest BCUT2D eigenvalue weighted by Crippen LogP contribution is -2.38. The maximum absolute atomic E-state index is 4.25. The summed E-state index contributed by atoms with van der Waals surface area (Å²) >= 11 is 0. The van der Waals surface area contributed by atoms with Crippen molar-refractivity contribution in [3.05, 3.63) is 53.6 Å². The Labute approximate surface area is 119 Å². The van der Waals surface area contributed by atoms with Gasteiger partial charge in [-0.1, -0.05) is 42.0 Å². The molecule has 20 heavy (non-hydrogen) atoms. The van der Waals surface area contributed by atoms with Gasteiger partial charge in [-0.25, -0.2) is 9.67 Å². The first-order valence-electron chi connectivity index (χ1n) is 7.13. The third-order valence-electron chi connectivity index (χ3n) is 3.69. The molecule has 4 heteroatoms. The minimum atomic E-state index is 0.489. The van der Waals surface area contributed by atoms with Crippen LogP contribution in [0.4, 0.5) is 0 Å². The lowest BCUT2D eigenvalue weighted by molar-refractivity contribution is 0.368. The number of nitrogens with zero attached hydrogens (tertiary/aromatic N) is 3. The van der Waals surface area contributed by atoms with Crippen LogP contribution in [-0.2, 0) is 13.0 Å². The van der Waals surface area contributed by atoms with E-state index in [1.807, 2.05) is 10.7 Å². The topological polar surface area (TPSA) is 42.7 Å². The van der Waals surface area contributed by atoms with Crippen LogP contribution in [0.25, 0.3) is 6.08 Å². The highest BCUT2D eigenvalue weighted by molar-refractivity contribution is 5.52. The van der Waals surface area contributed by atoms with Crippen molar-refractivity contribution in [2.45, 2.75) is 32.4 Å². The third kappa shape index (κ3) is 3.14. The molecule has 0 saturated carbocycles. The second-order valence-corrected chi connectivity index (χ2v) is 5.38. The van der Waals surface area contributed by atoms with Crippen molar-refractivity contribution in [2.75, 3.05) is 6.54 Å². The zero-order valence-electron chi connectivity index (χ0n) is 11.8. The van der Waals surface area contributed by atoms with Crippen LogP contribution >= 0.6 is 0 Å². The number of hydrogen-bond acceptors (Lipinski definition) is 3. The van der Waals surface area contributed by atoms with Gasteiger partial charge in [0.2, 0.25) is 0 Å². The van der Waals surface area contributed by atoms with E-state index in [1.165, 1.54) is 11.1 Å². The summed E-state index contributed by atoms with van der Waals surface area (Å²) in [5, 5.41) is 7.87. The largest absolute Gasteiger partial charge is 0.308 e. The van der Waals surface area contributed by atoms with Crippen molar-refractivity contribution in [2.24, 2.45) is 0 Å². The predicted molar refractivity (Wildman–Crippen MR) is 80.2 cm³/mol. The molecule has 4 nitrogen and oxygen atoms in total. The van der Waals surface area contributed by atoms with Crippen molar-refractivity contribution in [3.8, 4) is 0 Å². The van der Waals surface area contributed by atoms with Crippen LogP contribution in [-0.4, -0.2) is 27.4 Å². The summed E-state index contributed by atoms with van der Waals surface area (Å²) in [5.41, 5.74) is 2.61. The molecule has 0 aliphatic carbocycles. The Morgan fingerprint density at radius 2 is 2.25 bits per heavy atom. The second-order valence-electron chi connectivity index (χ2n) is 5.38. The molecule has 3 rings (SSSR count). The Balaban J connectivity index is 1.54. The molecular weight excluding hydrogens is 248 g/mol. The van der Waals surface area contributed by atoms with Crippen LogP contribution in [0.15, 0.2) is 42.2 Å². The van der Waals surface area contributed by atoms with Gasteiger partial charge in [0, 0.05) is 19.0 Å². The SMILES string of the molecule is C/C(=C/c1ccccc1)CN[C@@H]1CCc2ncnn2C1. The second kappa shape index (κ2) is 6.01. The molecule has 1 aliphatic heterocycles. The average Bonchev–Trinajstić information content (AvgIpc) is 2.93. The lowest BCUT2D eigenvalue weighted by atomic mass is 10.1. The Bertz CT molecular complexity index is 586. The van der Waals surface area contributed by atoms with Gasteiger partial charge >= 0.3 is 0 Å². The summed E-state index contributed by atoms with van der Waals surface area (Å²) in [6.07, 6.45) is 6.03. The van der Waals surface area contributed by atoms with Crippen molar-refractivity contribution in [3.63, 3.8) is 0 Å². The molecule has 1 atom stereocenters. The van der Waals surface area contributed by atoms with Crippen molar-refractivity contribution in [1.29, 1.82) is 0 Å². The van der Waals surface area contributed by atoms with Gasteiger partial charge in [0.05, 0.1) is 6.54 Å². The molecule has 1 N–H and O–H groups in total. The van der Waals surface area contributed by atoms with E-state index in [4.69, 9.17) is 0 Å². The fourth-order valence-electron chi connectivity index (χ4n) is 2.59. The van der Waals surface area contributed by atoms with Gasteiger partial charge in [-0.2, -0.15) is 5.10 Å². The number of aryl methyl sites for hydroxylation is 1. The number of aromatic nitrogens is 3. The van der Waals surface area contributed by atoms with Crippen LogP contribution < -0.4 is 5.32 Å². The number of benzene rings is 1. The van der Waals surface area contributed by atoms with E-state index in [1.54, 1.807) is 6.33 Å². The predicted octanol–water partition coefficient (Wildman–Crippen LogP) is 2.29. The Morgan fingerprint density at radius 1 is 1.40 bits per heavy atom. The molecule has 0 spiro atoms.